The summed E-state index contributed by atoms with van der Waals surface area (Å²) < 4.78 is 3.97. The molecule has 2 rings (SSSR count). The first kappa shape index (κ1) is 18.1. The normalized spacial score (nSPS) is 10.1. The number of amides is 1. The Morgan fingerprint density at radius 2 is 1.76 bits per heavy atom. The number of hydrogen-bond donors (Lipinski definition) is 1. The molecule has 0 aliphatic rings. The second kappa shape index (κ2) is 7.32. The SMILES string of the molecule is Cc1cccc(C)c1NC(=O)Cn1c(C)cc(C)[n+]1C.[Y]. The number of para-hydroxylation sites is 1. The van der Waals surface area contributed by atoms with E-state index in [1.54, 1.807) is 0 Å². The maximum absolute atomic E-state index is 12.3. The fraction of sp³-hybridized carbons (Fsp3) is 0.375. The number of benzene rings is 1. The molecule has 5 heteroatoms. The molecule has 109 valence electrons. The molecule has 1 aromatic carbocycles. The van der Waals surface area contributed by atoms with E-state index >= 15 is 0 Å². The van der Waals surface area contributed by atoms with Crippen molar-refractivity contribution >= 4 is 11.6 Å². The van der Waals surface area contributed by atoms with Crippen LogP contribution in [0.15, 0.2) is 24.3 Å². The Labute approximate surface area is 151 Å². The predicted octanol–water partition coefficient (Wildman–Crippen LogP) is 2.18. The summed E-state index contributed by atoms with van der Waals surface area (Å²) in [7, 11) is 1.97. The van der Waals surface area contributed by atoms with E-state index in [9.17, 15) is 4.79 Å². The monoisotopic (exact) mass is 361 g/mol. The number of aryl methyl sites for hydroxylation is 4. The molecular formula is C16H22N3OY+. The third-order valence-corrected chi connectivity index (χ3v) is 3.74. The molecular weight excluding hydrogens is 339 g/mol. The minimum atomic E-state index is -0.00306. The van der Waals surface area contributed by atoms with Gasteiger partial charge in [-0.15, -0.1) is 9.36 Å². The van der Waals surface area contributed by atoms with Crippen LogP contribution in [0.5, 0.6) is 0 Å². The van der Waals surface area contributed by atoms with Crippen molar-refractivity contribution in [3.63, 3.8) is 0 Å². The van der Waals surface area contributed by atoms with Gasteiger partial charge in [-0.05, 0) is 31.9 Å². The van der Waals surface area contributed by atoms with Gasteiger partial charge in [-0.3, -0.25) is 4.79 Å². The topological polar surface area (TPSA) is 37.9 Å². The van der Waals surface area contributed by atoms with Gasteiger partial charge in [0, 0.05) is 51.4 Å². The van der Waals surface area contributed by atoms with Crippen LogP contribution in [0.25, 0.3) is 0 Å². The van der Waals surface area contributed by atoms with Crippen LogP contribution in [0.4, 0.5) is 5.69 Å². The molecule has 0 atom stereocenters. The van der Waals surface area contributed by atoms with Crippen molar-refractivity contribution in [3.8, 4) is 0 Å². The minimum absolute atomic E-state index is 0. The minimum Gasteiger partial charge on any atom is -0.324 e. The molecule has 1 aromatic heterocycles. The summed E-state index contributed by atoms with van der Waals surface area (Å²) in [5, 5.41) is 3.02. The van der Waals surface area contributed by atoms with Crippen LogP contribution in [-0.4, -0.2) is 10.6 Å². The zero-order chi connectivity index (χ0) is 14.9. The summed E-state index contributed by atoms with van der Waals surface area (Å²) in [4.78, 5) is 12.3. The molecule has 1 N–H and O–H groups in total. The van der Waals surface area contributed by atoms with Gasteiger partial charge in [-0.1, -0.05) is 18.2 Å². The van der Waals surface area contributed by atoms with Crippen molar-refractivity contribution < 1.29 is 42.2 Å². The first-order chi connectivity index (χ1) is 9.40. The van der Waals surface area contributed by atoms with E-state index in [0.29, 0.717) is 6.54 Å². The zero-order valence-electron chi connectivity index (χ0n) is 13.4. The summed E-state index contributed by atoms with van der Waals surface area (Å²) in [6, 6.07) is 8.09. The molecule has 2 aromatic rings. The average Bonchev–Trinajstić information content (AvgIpc) is 2.61. The number of nitrogens with one attached hydrogen (secondary N) is 1. The van der Waals surface area contributed by atoms with Crippen LogP contribution in [0, 0.1) is 27.7 Å². The zero-order valence-corrected chi connectivity index (χ0v) is 16.2. The molecule has 0 saturated carbocycles. The van der Waals surface area contributed by atoms with E-state index < -0.39 is 0 Å². The fourth-order valence-electron chi connectivity index (χ4n) is 2.45. The second-order valence-corrected chi connectivity index (χ2v) is 5.32. The van der Waals surface area contributed by atoms with Gasteiger partial charge in [0.25, 0.3) is 0 Å². The summed E-state index contributed by atoms with van der Waals surface area (Å²) in [6.07, 6.45) is 0. The predicted molar refractivity (Wildman–Crippen MR) is 79.6 cm³/mol. The molecule has 4 nitrogen and oxygen atoms in total. The van der Waals surface area contributed by atoms with Gasteiger partial charge in [-0.25, -0.2) is 0 Å². The van der Waals surface area contributed by atoms with Gasteiger partial charge in [0.2, 0.25) is 11.6 Å². The van der Waals surface area contributed by atoms with Crippen LogP contribution < -0.4 is 10.00 Å². The van der Waals surface area contributed by atoms with E-state index in [0.717, 1.165) is 28.2 Å². The fourth-order valence-corrected chi connectivity index (χ4v) is 2.45. The van der Waals surface area contributed by atoms with E-state index in [-0.39, 0.29) is 38.6 Å². The summed E-state index contributed by atoms with van der Waals surface area (Å²) in [5.41, 5.74) is 5.32. The summed E-state index contributed by atoms with van der Waals surface area (Å²) in [6.45, 7) is 8.39. The van der Waals surface area contributed by atoms with Gasteiger partial charge < -0.3 is 5.32 Å². The first-order valence-corrected chi connectivity index (χ1v) is 6.79. The molecule has 1 heterocycles. The third-order valence-electron chi connectivity index (χ3n) is 3.74. The van der Waals surface area contributed by atoms with Gasteiger partial charge in [0.05, 0.1) is 5.69 Å². The van der Waals surface area contributed by atoms with Crippen molar-refractivity contribution in [2.75, 3.05) is 5.32 Å². The van der Waals surface area contributed by atoms with Crippen molar-refractivity contribution in [2.24, 2.45) is 7.05 Å². The number of nitrogens with zero attached hydrogens (tertiary/aromatic N) is 2. The Bertz CT molecular complexity index is 642. The number of aromatic nitrogens is 2. The van der Waals surface area contributed by atoms with Gasteiger partial charge >= 0.3 is 0 Å². The van der Waals surface area contributed by atoms with E-state index in [4.69, 9.17) is 0 Å². The van der Waals surface area contributed by atoms with Crippen LogP contribution >= 0.6 is 0 Å². The number of rotatable bonds is 3. The molecule has 0 spiro atoms. The average molecular weight is 361 g/mol. The van der Waals surface area contributed by atoms with Crippen molar-refractivity contribution in [1.82, 2.24) is 4.68 Å². The number of anilines is 1. The Morgan fingerprint density at radius 3 is 2.24 bits per heavy atom. The molecule has 1 radical (unpaired) electrons. The largest absolute Gasteiger partial charge is 0.324 e. The molecule has 0 unspecified atom stereocenters. The van der Waals surface area contributed by atoms with Crippen molar-refractivity contribution in [1.29, 1.82) is 0 Å². The second-order valence-electron chi connectivity index (χ2n) is 5.32. The standard InChI is InChI=1S/C16H21N3O.Y/c1-11-7-6-8-12(2)16(11)17-15(20)10-19-14(4)9-13(3)18(19)5;/h6-9H,10H2,1-5H3;/p+1. The van der Waals surface area contributed by atoms with Crippen molar-refractivity contribution in [3.05, 3.63) is 46.8 Å². The number of carbonyl (C=O) groups is 1. The maximum Gasteiger partial charge on any atom is 0.250 e. The van der Waals surface area contributed by atoms with Crippen LogP contribution in [0.1, 0.15) is 22.5 Å². The molecule has 0 bridgehead atoms. The summed E-state index contributed by atoms with van der Waals surface area (Å²) >= 11 is 0. The summed E-state index contributed by atoms with van der Waals surface area (Å²) in [5.74, 6) is -0.00306. The first-order valence-electron chi connectivity index (χ1n) is 6.79. The van der Waals surface area contributed by atoms with Crippen molar-refractivity contribution in [2.45, 2.75) is 34.2 Å². The quantitative estimate of drug-likeness (QED) is 0.837. The van der Waals surface area contributed by atoms with Crippen LogP contribution in [0.3, 0.4) is 0 Å². The Morgan fingerprint density at radius 1 is 1.19 bits per heavy atom. The molecule has 1 amide bonds. The van der Waals surface area contributed by atoms with Gasteiger partial charge in [0.15, 0.2) is 13.6 Å². The Kier molecular flexibility index (Phi) is 6.30. The molecule has 0 aliphatic heterocycles. The van der Waals surface area contributed by atoms with Crippen LogP contribution in [0.2, 0.25) is 0 Å². The molecule has 0 aliphatic carbocycles. The van der Waals surface area contributed by atoms with Gasteiger partial charge in [-0.2, -0.15) is 0 Å². The number of carbonyl (C=O) groups excluding carboxylic acids is 1. The molecule has 0 saturated heterocycles. The number of hydrogen-bond acceptors (Lipinski definition) is 1. The van der Waals surface area contributed by atoms with E-state index in [1.165, 1.54) is 0 Å². The molecule has 0 fully saturated rings. The van der Waals surface area contributed by atoms with Crippen LogP contribution in [-0.2, 0) is 51.1 Å². The third kappa shape index (κ3) is 4.01. The van der Waals surface area contributed by atoms with E-state index in [1.807, 2.05) is 62.3 Å². The van der Waals surface area contributed by atoms with E-state index in [2.05, 4.69) is 11.4 Å². The maximum atomic E-state index is 12.3. The molecule has 21 heavy (non-hydrogen) atoms. The Hall–Kier alpha value is -0.996. The smallest absolute Gasteiger partial charge is 0.250 e. The van der Waals surface area contributed by atoms with Gasteiger partial charge in [0.1, 0.15) is 0 Å². The Balaban J connectivity index is 0.00000220.